The minimum absolute atomic E-state index is 0.0622. The molecule has 0 aliphatic carbocycles. The summed E-state index contributed by atoms with van der Waals surface area (Å²) in [6.07, 6.45) is 2.02. The first kappa shape index (κ1) is 15.0. The second kappa shape index (κ2) is 6.38. The van der Waals surface area contributed by atoms with Crippen LogP contribution in [-0.2, 0) is 6.54 Å². The van der Waals surface area contributed by atoms with E-state index in [4.69, 9.17) is 14.5 Å². The van der Waals surface area contributed by atoms with E-state index in [-0.39, 0.29) is 22.5 Å². The predicted molar refractivity (Wildman–Crippen MR) is 76.3 cm³/mol. The first-order valence-electron chi connectivity index (χ1n) is 6.29. The summed E-state index contributed by atoms with van der Waals surface area (Å²) >= 11 is 0. The Labute approximate surface area is 121 Å². The number of amides is 1. The maximum absolute atomic E-state index is 12.0. The molecule has 7 heteroatoms. The molecule has 3 N–H and O–H groups in total. The van der Waals surface area contributed by atoms with Gasteiger partial charge in [0.25, 0.3) is 5.91 Å². The quantitative estimate of drug-likeness (QED) is 0.531. The van der Waals surface area contributed by atoms with Gasteiger partial charge in [-0.1, -0.05) is 6.07 Å². The summed E-state index contributed by atoms with van der Waals surface area (Å²) in [6.45, 7) is 2.10. The highest BCUT2D eigenvalue weighted by Crippen LogP contribution is 2.09. The van der Waals surface area contributed by atoms with E-state index in [1.807, 2.05) is 0 Å². The van der Waals surface area contributed by atoms with Gasteiger partial charge >= 0.3 is 7.12 Å². The summed E-state index contributed by atoms with van der Waals surface area (Å²) in [6, 6.07) is 5.85. The standard InChI is InChI=1S/C14H14BNO5/c1-9-11(4-5-21-9)7-16-14(18)10-2-3-13(15(19)20)12(6-10)8-17/h2-6,8,19-20H,7H2,1H3,(H,16,18). The van der Waals surface area contributed by atoms with Gasteiger partial charge in [0, 0.05) is 23.2 Å². The lowest BCUT2D eigenvalue weighted by Crippen LogP contribution is -2.33. The maximum atomic E-state index is 12.0. The van der Waals surface area contributed by atoms with E-state index >= 15 is 0 Å². The van der Waals surface area contributed by atoms with Crippen LogP contribution in [0.5, 0.6) is 0 Å². The number of rotatable bonds is 5. The summed E-state index contributed by atoms with van der Waals surface area (Å²) in [5, 5.41) is 20.9. The molecule has 0 atom stereocenters. The van der Waals surface area contributed by atoms with Crippen LogP contribution in [0.15, 0.2) is 34.9 Å². The second-order valence-corrected chi connectivity index (χ2v) is 4.52. The molecule has 0 spiro atoms. The van der Waals surface area contributed by atoms with Crippen molar-refractivity contribution >= 4 is 24.8 Å². The number of nitrogens with one attached hydrogen (secondary N) is 1. The lowest BCUT2D eigenvalue weighted by Gasteiger charge is -2.08. The van der Waals surface area contributed by atoms with Crippen LogP contribution < -0.4 is 10.8 Å². The van der Waals surface area contributed by atoms with Crippen molar-refractivity contribution in [3.05, 3.63) is 53.0 Å². The smallest absolute Gasteiger partial charge is 0.469 e. The average Bonchev–Trinajstić information content (AvgIpc) is 2.89. The molecule has 1 aromatic heterocycles. The molecule has 0 aliphatic heterocycles. The SMILES string of the molecule is Cc1occc1CNC(=O)c1ccc(B(O)O)c(C=O)c1. The Hall–Kier alpha value is -2.38. The van der Waals surface area contributed by atoms with E-state index in [0.29, 0.717) is 12.8 Å². The lowest BCUT2D eigenvalue weighted by molar-refractivity contribution is 0.0951. The van der Waals surface area contributed by atoms with Crippen molar-refractivity contribution in [3.63, 3.8) is 0 Å². The monoisotopic (exact) mass is 287 g/mol. The molecule has 2 aromatic rings. The van der Waals surface area contributed by atoms with Crippen molar-refractivity contribution in [1.82, 2.24) is 5.32 Å². The van der Waals surface area contributed by atoms with Crippen LogP contribution in [0.25, 0.3) is 0 Å². The molecule has 6 nitrogen and oxygen atoms in total. The Balaban J connectivity index is 2.12. The van der Waals surface area contributed by atoms with E-state index in [1.54, 1.807) is 19.3 Å². The van der Waals surface area contributed by atoms with Gasteiger partial charge in [-0.3, -0.25) is 9.59 Å². The van der Waals surface area contributed by atoms with Crippen molar-refractivity contribution in [1.29, 1.82) is 0 Å². The second-order valence-electron chi connectivity index (χ2n) is 4.52. The predicted octanol–water partition coefficient (Wildman–Crippen LogP) is 0.0103. The number of aryl methyl sites for hydroxylation is 1. The van der Waals surface area contributed by atoms with Gasteiger partial charge in [-0.15, -0.1) is 0 Å². The minimum atomic E-state index is -1.75. The number of furan rings is 1. The Morgan fingerprint density at radius 2 is 2.14 bits per heavy atom. The number of hydrogen-bond donors (Lipinski definition) is 3. The summed E-state index contributed by atoms with van der Waals surface area (Å²) in [5.74, 6) is 0.361. The Kier molecular flexibility index (Phi) is 4.57. The molecule has 0 aliphatic rings. The molecule has 0 fully saturated rings. The van der Waals surface area contributed by atoms with E-state index < -0.39 is 7.12 Å². The third kappa shape index (κ3) is 3.39. The molecule has 0 saturated heterocycles. The minimum Gasteiger partial charge on any atom is -0.469 e. The Morgan fingerprint density at radius 1 is 1.38 bits per heavy atom. The first-order valence-corrected chi connectivity index (χ1v) is 6.29. The molecule has 0 radical (unpaired) electrons. The van der Waals surface area contributed by atoms with Gasteiger partial charge in [-0.25, -0.2) is 0 Å². The van der Waals surface area contributed by atoms with Gasteiger partial charge in [0.2, 0.25) is 0 Å². The highest BCUT2D eigenvalue weighted by Gasteiger charge is 2.17. The first-order chi connectivity index (χ1) is 10.0. The maximum Gasteiger partial charge on any atom is 0.489 e. The highest BCUT2D eigenvalue weighted by molar-refractivity contribution is 6.60. The number of hydrogen-bond acceptors (Lipinski definition) is 5. The van der Waals surface area contributed by atoms with Crippen molar-refractivity contribution in [3.8, 4) is 0 Å². The normalized spacial score (nSPS) is 10.2. The number of carbonyl (C=O) groups excluding carboxylic acids is 2. The Morgan fingerprint density at radius 3 is 2.71 bits per heavy atom. The molecule has 0 saturated carbocycles. The average molecular weight is 287 g/mol. The summed E-state index contributed by atoms with van der Waals surface area (Å²) in [4.78, 5) is 22.9. The number of aldehydes is 1. The van der Waals surface area contributed by atoms with Crippen molar-refractivity contribution in [2.75, 3.05) is 0 Å². The van der Waals surface area contributed by atoms with Crippen LogP contribution in [0.3, 0.4) is 0 Å². The third-order valence-electron chi connectivity index (χ3n) is 3.16. The molecule has 108 valence electrons. The fourth-order valence-electron chi connectivity index (χ4n) is 1.93. The van der Waals surface area contributed by atoms with Gasteiger partial charge < -0.3 is 19.8 Å². The van der Waals surface area contributed by atoms with Crippen molar-refractivity contribution < 1.29 is 24.1 Å². The zero-order valence-corrected chi connectivity index (χ0v) is 11.4. The van der Waals surface area contributed by atoms with E-state index in [0.717, 1.165) is 11.3 Å². The number of benzene rings is 1. The fraction of sp³-hybridized carbons (Fsp3) is 0.143. The van der Waals surface area contributed by atoms with Gasteiger partial charge in [0.1, 0.15) is 12.0 Å². The highest BCUT2D eigenvalue weighted by atomic mass is 16.4. The molecular weight excluding hydrogens is 273 g/mol. The number of carbonyl (C=O) groups is 2. The topological polar surface area (TPSA) is 99.8 Å². The molecule has 2 rings (SSSR count). The molecular formula is C14H14BNO5. The van der Waals surface area contributed by atoms with Crippen molar-refractivity contribution in [2.24, 2.45) is 0 Å². The summed E-state index contributed by atoms with van der Waals surface area (Å²) < 4.78 is 5.13. The van der Waals surface area contributed by atoms with Gasteiger partial charge in [0.15, 0.2) is 0 Å². The van der Waals surface area contributed by atoms with Crippen LogP contribution in [-0.4, -0.2) is 29.4 Å². The summed E-state index contributed by atoms with van der Waals surface area (Å²) in [5.41, 5.74) is 1.26. The molecule has 1 aromatic carbocycles. The lowest BCUT2D eigenvalue weighted by atomic mass is 9.77. The van der Waals surface area contributed by atoms with E-state index in [2.05, 4.69) is 5.32 Å². The van der Waals surface area contributed by atoms with Gasteiger partial charge in [-0.2, -0.15) is 0 Å². The van der Waals surface area contributed by atoms with E-state index in [1.165, 1.54) is 18.2 Å². The molecule has 0 unspecified atom stereocenters. The van der Waals surface area contributed by atoms with Crippen LogP contribution >= 0.6 is 0 Å². The molecule has 1 amide bonds. The Bertz CT molecular complexity index is 665. The fourth-order valence-corrected chi connectivity index (χ4v) is 1.93. The molecule has 0 bridgehead atoms. The zero-order chi connectivity index (χ0) is 15.4. The van der Waals surface area contributed by atoms with Crippen LogP contribution in [0.4, 0.5) is 0 Å². The van der Waals surface area contributed by atoms with Crippen LogP contribution in [0, 0.1) is 6.92 Å². The molecule has 21 heavy (non-hydrogen) atoms. The zero-order valence-electron chi connectivity index (χ0n) is 11.4. The van der Waals surface area contributed by atoms with Crippen LogP contribution in [0.1, 0.15) is 32.0 Å². The van der Waals surface area contributed by atoms with Crippen molar-refractivity contribution in [2.45, 2.75) is 13.5 Å². The third-order valence-corrected chi connectivity index (χ3v) is 3.16. The van der Waals surface area contributed by atoms with Gasteiger partial charge in [-0.05, 0) is 30.6 Å². The summed E-state index contributed by atoms with van der Waals surface area (Å²) in [7, 11) is -1.75. The molecule has 1 heterocycles. The largest absolute Gasteiger partial charge is 0.489 e. The van der Waals surface area contributed by atoms with Crippen LogP contribution in [0.2, 0.25) is 0 Å². The van der Waals surface area contributed by atoms with Gasteiger partial charge in [0.05, 0.1) is 6.26 Å². The van der Waals surface area contributed by atoms with E-state index in [9.17, 15) is 9.59 Å².